The van der Waals surface area contributed by atoms with Crippen molar-refractivity contribution in [3.63, 3.8) is 0 Å². The van der Waals surface area contributed by atoms with Crippen LogP contribution < -0.4 is 4.74 Å². The van der Waals surface area contributed by atoms with E-state index >= 15 is 0 Å². The predicted molar refractivity (Wildman–Crippen MR) is 77.8 cm³/mol. The molecule has 100 valence electrons. The first-order valence-electron chi connectivity index (χ1n) is 6.42. The van der Waals surface area contributed by atoms with Gasteiger partial charge in [0.25, 0.3) is 0 Å². The molecular formula is C15H17ClN2O. The highest BCUT2D eigenvalue weighted by Gasteiger charge is 2.09. The SMILES string of the molecule is CCOc1ccc(-c2nc(Cl)c(C)c(CC)n2)cc1. The fraction of sp³-hybridized carbons (Fsp3) is 0.333. The van der Waals surface area contributed by atoms with Crippen molar-refractivity contribution in [1.82, 2.24) is 9.97 Å². The standard InChI is InChI=1S/C15H17ClN2O/c1-4-13-10(3)14(16)18-15(17-13)11-6-8-12(9-7-11)19-5-2/h6-9H,4-5H2,1-3H3. The summed E-state index contributed by atoms with van der Waals surface area (Å²) in [6.45, 7) is 6.63. The van der Waals surface area contributed by atoms with Crippen LogP contribution in [-0.4, -0.2) is 16.6 Å². The molecular weight excluding hydrogens is 260 g/mol. The third-order valence-electron chi connectivity index (χ3n) is 2.95. The van der Waals surface area contributed by atoms with E-state index in [0.717, 1.165) is 29.0 Å². The van der Waals surface area contributed by atoms with Gasteiger partial charge in [0.05, 0.1) is 6.61 Å². The molecule has 0 N–H and O–H groups in total. The van der Waals surface area contributed by atoms with Gasteiger partial charge in [-0.1, -0.05) is 18.5 Å². The lowest BCUT2D eigenvalue weighted by Crippen LogP contribution is -1.99. The third-order valence-corrected chi connectivity index (χ3v) is 3.31. The normalized spacial score (nSPS) is 10.5. The second kappa shape index (κ2) is 6.02. The van der Waals surface area contributed by atoms with E-state index in [1.807, 2.05) is 38.1 Å². The van der Waals surface area contributed by atoms with Crippen LogP contribution in [0.15, 0.2) is 24.3 Å². The molecule has 19 heavy (non-hydrogen) atoms. The van der Waals surface area contributed by atoms with Crippen LogP contribution in [0.5, 0.6) is 5.75 Å². The van der Waals surface area contributed by atoms with Gasteiger partial charge < -0.3 is 4.74 Å². The topological polar surface area (TPSA) is 35.0 Å². The van der Waals surface area contributed by atoms with Crippen LogP contribution >= 0.6 is 11.6 Å². The quantitative estimate of drug-likeness (QED) is 0.790. The van der Waals surface area contributed by atoms with Gasteiger partial charge in [0, 0.05) is 16.8 Å². The molecule has 4 heteroatoms. The smallest absolute Gasteiger partial charge is 0.161 e. The summed E-state index contributed by atoms with van der Waals surface area (Å²) >= 11 is 6.15. The van der Waals surface area contributed by atoms with Crippen molar-refractivity contribution < 1.29 is 4.74 Å². The lowest BCUT2D eigenvalue weighted by atomic mass is 10.1. The Morgan fingerprint density at radius 1 is 1.11 bits per heavy atom. The van der Waals surface area contributed by atoms with Crippen molar-refractivity contribution in [3.8, 4) is 17.1 Å². The second-order valence-corrected chi connectivity index (χ2v) is 4.58. The number of benzene rings is 1. The molecule has 1 aromatic heterocycles. The molecule has 0 saturated carbocycles. The largest absolute Gasteiger partial charge is 0.494 e. The molecule has 0 atom stereocenters. The highest BCUT2D eigenvalue weighted by Crippen LogP contribution is 2.24. The van der Waals surface area contributed by atoms with Crippen molar-refractivity contribution in [1.29, 1.82) is 0 Å². The number of nitrogens with zero attached hydrogens (tertiary/aromatic N) is 2. The van der Waals surface area contributed by atoms with Crippen molar-refractivity contribution >= 4 is 11.6 Å². The summed E-state index contributed by atoms with van der Waals surface area (Å²) < 4.78 is 5.42. The molecule has 0 aliphatic carbocycles. The van der Waals surface area contributed by atoms with Gasteiger partial charge in [0.1, 0.15) is 10.9 Å². The Morgan fingerprint density at radius 3 is 2.37 bits per heavy atom. The summed E-state index contributed by atoms with van der Waals surface area (Å²) in [6, 6.07) is 7.74. The predicted octanol–water partition coefficient (Wildman–Crippen LogP) is 4.07. The number of hydrogen-bond donors (Lipinski definition) is 0. The second-order valence-electron chi connectivity index (χ2n) is 4.22. The fourth-order valence-corrected chi connectivity index (χ4v) is 2.06. The Labute approximate surface area is 118 Å². The first kappa shape index (κ1) is 13.8. The Morgan fingerprint density at radius 2 is 1.79 bits per heavy atom. The van der Waals surface area contributed by atoms with Crippen LogP contribution in [0.2, 0.25) is 5.15 Å². The van der Waals surface area contributed by atoms with Crippen molar-refractivity contribution in [2.45, 2.75) is 27.2 Å². The van der Waals surface area contributed by atoms with E-state index in [0.29, 0.717) is 17.6 Å². The van der Waals surface area contributed by atoms with Crippen LogP contribution in [0.25, 0.3) is 11.4 Å². The third kappa shape index (κ3) is 3.04. The Balaban J connectivity index is 2.38. The van der Waals surface area contributed by atoms with E-state index < -0.39 is 0 Å². The minimum absolute atomic E-state index is 0.524. The van der Waals surface area contributed by atoms with Crippen LogP contribution in [0.4, 0.5) is 0 Å². The highest BCUT2D eigenvalue weighted by molar-refractivity contribution is 6.30. The number of hydrogen-bond acceptors (Lipinski definition) is 3. The molecule has 0 radical (unpaired) electrons. The molecule has 2 rings (SSSR count). The summed E-state index contributed by atoms with van der Waals surface area (Å²) in [7, 11) is 0. The van der Waals surface area contributed by atoms with Gasteiger partial charge in [0.15, 0.2) is 5.82 Å². The van der Waals surface area contributed by atoms with Gasteiger partial charge in [-0.15, -0.1) is 0 Å². The molecule has 0 spiro atoms. The molecule has 0 amide bonds. The van der Waals surface area contributed by atoms with Crippen LogP contribution in [0.3, 0.4) is 0 Å². The van der Waals surface area contributed by atoms with Crippen molar-refractivity contribution in [2.24, 2.45) is 0 Å². The number of halogens is 1. The summed E-state index contributed by atoms with van der Waals surface area (Å²) in [4.78, 5) is 8.90. The molecule has 1 aromatic carbocycles. The molecule has 0 aliphatic heterocycles. The molecule has 0 saturated heterocycles. The van der Waals surface area contributed by atoms with E-state index in [4.69, 9.17) is 16.3 Å². The highest BCUT2D eigenvalue weighted by atomic mass is 35.5. The van der Waals surface area contributed by atoms with Crippen molar-refractivity contribution in [2.75, 3.05) is 6.61 Å². The maximum absolute atomic E-state index is 6.15. The first-order chi connectivity index (χ1) is 9.15. The van der Waals surface area contributed by atoms with Gasteiger partial charge >= 0.3 is 0 Å². The van der Waals surface area contributed by atoms with Gasteiger partial charge in [-0.05, 0) is 44.5 Å². The Hall–Kier alpha value is -1.61. The maximum atomic E-state index is 6.15. The number of rotatable bonds is 4. The molecule has 1 heterocycles. The van der Waals surface area contributed by atoms with Gasteiger partial charge in [0.2, 0.25) is 0 Å². The summed E-state index contributed by atoms with van der Waals surface area (Å²) in [5.74, 6) is 1.51. The van der Waals surface area contributed by atoms with E-state index in [-0.39, 0.29) is 0 Å². The van der Waals surface area contributed by atoms with E-state index in [1.54, 1.807) is 0 Å². The van der Waals surface area contributed by atoms with E-state index in [1.165, 1.54) is 0 Å². The number of aromatic nitrogens is 2. The lowest BCUT2D eigenvalue weighted by Gasteiger charge is -2.08. The monoisotopic (exact) mass is 276 g/mol. The van der Waals surface area contributed by atoms with Gasteiger partial charge in [-0.3, -0.25) is 0 Å². The molecule has 0 aliphatic rings. The fourth-order valence-electron chi connectivity index (χ4n) is 1.87. The van der Waals surface area contributed by atoms with Gasteiger partial charge in [-0.25, -0.2) is 9.97 Å². The summed E-state index contributed by atoms with van der Waals surface area (Å²) in [6.07, 6.45) is 0.845. The van der Waals surface area contributed by atoms with Crippen LogP contribution in [0, 0.1) is 6.92 Å². The first-order valence-corrected chi connectivity index (χ1v) is 6.79. The molecule has 0 unspecified atom stereocenters. The minimum atomic E-state index is 0.524. The average Bonchev–Trinajstić information content (AvgIpc) is 2.43. The summed E-state index contributed by atoms with van der Waals surface area (Å²) in [5, 5.41) is 0.524. The molecule has 2 aromatic rings. The zero-order chi connectivity index (χ0) is 13.8. The number of aryl methyl sites for hydroxylation is 1. The van der Waals surface area contributed by atoms with E-state index in [2.05, 4.69) is 16.9 Å². The van der Waals surface area contributed by atoms with E-state index in [9.17, 15) is 0 Å². The minimum Gasteiger partial charge on any atom is -0.494 e. The lowest BCUT2D eigenvalue weighted by molar-refractivity contribution is 0.340. The average molecular weight is 277 g/mol. The molecule has 0 fully saturated rings. The summed E-state index contributed by atoms with van der Waals surface area (Å²) in [5.41, 5.74) is 2.89. The molecule has 0 bridgehead atoms. The zero-order valence-electron chi connectivity index (χ0n) is 11.4. The molecule has 3 nitrogen and oxygen atoms in total. The van der Waals surface area contributed by atoms with Crippen LogP contribution in [0.1, 0.15) is 25.1 Å². The van der Waals surface area contributed by atoms with Crippen molar-refractivity contribution in [3.05, 3.63) is 40.7 Å². The Bertz CT molecular complexity index is 567. The number of ether oxygens (including phenoxy) is 1. The van der Waals surface area contributed by atoms with Gasteiger partial charge in [-0.2, -0.15) is 0 Å². The zero-order valence-corrected chi connectivity index (χ0v) is 12.2. The Kier molecular flexibility index (Phi) is 4.38. The maximum Gasteiger partial charge on any atom is 0.161 e. The van der Waals surface area contributed by atoms with Crippen LogP contribution in [-0.2, 0) is 6.42 Å².